The summed E-state index contributed by atoms with van der Waals surface area (Å²) in [6.07, 6.45) is 2.96. The van der Waals surface area contributed by atoms with Gasteiger partial charge in [0.15, 0.2) is 5.76 Å². The average Bonchev–Trinajstić information content (AvgIpc) is 3.24. The lowest BCUT2D eigenvalue weighted by Crippen LogP contribution is -2.10. The van der Waals surface area contributed by atoms with E-state index in [9.17, 15) is 14.0 Å². The highest BCUT2D eigenvalue weighted by molar-refractivity contribution is 6.14. The van der Waals surface area contributed by atoms with Crippen LogP contribution in [0.2, 0.25) is 0 Å². The Morgan fingerprint density at radius 3 is 2.69 bits per heavy atom. The monoisotopic (exact) mass is 350 g/mol. The van der Waals surface area contributed by atoms with Gasteiger partial charge in [0.05, 0.1) is 17.4 Å². The molecule has 0 amide bonds. The van der Waals surface area contributed by atoms with Crippen molar-refractivity contribution in [3.05, 3.63) is 89.3 Å². The molecule has 2 heterocycles. The summed E-state index contributed by atoms with van der Waals surface area (Å²) >= 11 is 0. The van der Waals surface area contributed by atoms with Crippen LogP contribution in [0.3, 0.4) is 0 Å². The van der Waals surface area contributed by atoms with Crippen LogP contribution in [0.1, 0.15) is 26.5 Å². The quantitative estimate of drug-likeness (QED) is 0.401. The molecule has 0 unspecified atom stereocenters. The molecule has 2 aromatic carbocycles. The fourth-order valence-electron chi connectivity index (χ4n) is 2.52. The molecule has 0 spiro atoms. The van der Waals surface area contributed by atoms with E-state index in [2.05, 4.69) is 0 Å². The molecule has 0 radical (unpaired) electrons. The first kappa shape index (κ1) is 15.8. The highest BCUT2D eigenvalue weighted by Gasteiger charge is 2.28. The molecule has 1 aromatic heterocycles. The number of rotatable bonds is 3. The molecule has 0 atom stereocenters. The first-order chi connectivity index (χ1) is 12.6. The van der Waals surface area contributed by atoms with Crippen LogP contribution < -0.4 is 9.47 Å². The van der Waals surface area contributed by atoms with E-state index in [1.807, 2.05) is 0 Å². The molecule has 0 bridgehead atoms. The molecule has 0 saturated carbocycles. The predicted molar refractivity (Wildman–Crippen MR) is 89.4 cm³/mol. The van der Waals surface area contributed by atoms with Gasteiger partial charge in [-0.25, -0.2) is 9.18 Å². The Bertz CT molecular complexity index is 1030. The van der Waals surface area contributed by atoms with Crippen LogP contribution in [0.5, 0.6) is 11.5 Å². The molecule has 1 aliphatic heterocycles. The molecule has 0 aliphatic carbocycles. The topological polar surface area (TPSA) is 65.7 Å². The van der Waals surface area contributed by atoms with Gasteiger partial charge in [-0.2, -0.15) is 0 Å². The molecular formula is C20H11FO5. The summed E-state index contributed by atoms with van der Waals surface area (Å²) in [5.41, 5.74) is 0.164. The summed E-state index contributed by atoms with van der Waals surface area (Å²) in [7, 11) is 0. The lowest BCUT2D eigenvalue weighted by molar-refractivity contribution is 0.0729. The molecule has 0 fully saturated rings. The molecule has 3 aromatic rings. The lowest BCUT2D eigenvalue weighted by Gasteiger charge is -2.06. The van der Waals surface area contributed by atoms with E-state index in [0.29, 0.717) is 11.3 Å². The Labute approximate surface area is 147 Å². The highest BCUT2D eigenvalue weighted by atomic mass is 19.1. The van der Waals surface area contributed by atoms with Crippen molar-refractivity contribution < 1.29 is 27.9 Å². The Morgan fingerprint density at radius 2 is 1.92 bits per heavy atom. The van der Waals surface area contributed by atoms with Gasteiger partial charge in [-0.05, 0) is 36.4 Å². The smallest absolute Gasteiger partial charge is 0.346 e. The summed E-state index contributed by atoms with van der Waals surface area (Å²) in [6.45, 7) is 0. The highest BCUT2D eigenvalue weighted by Crippen LogP contribution is 2.35. The maximum atomic E-state index is 13.7. The molecule has 4 rings (SSSR count). The standard InChI is InChI=1S/C20H11FO5/c21-16-6-2-1-5-14(16)20(23)25-13-7-8-15-17(11-13)26-18(19(15)22)10-12-4-3-9-24-12/h1-11H. The number of fused-ring (bicyclic) bond motifs is 1. The number of halogens is 1. The normalized spacial score (nSPS) is 14.2. The van der Waals surface area contributed by atoms with Crippen molar-refractivity contribution >= 4 is 17.8 Å². The third-order valence-corrected chi connectivity index (χ3v) is 3.76. The lowest BCUT2D eigenvalue weighted by atomic mass is 10.1. The first-order valence-corrected chi connectivity index (χ1v) is 7.70. The van der Waals surface area contributed by atoms with Crippen molar-refractivity contribution in [2.24, 2.45) is 0 Å². The second-order valence-corrected chi connectivity index (χ2v) is 5.48. The number of Topliss-reactive ketones (excluding diaryl/α,β-unsaturated/α-hetero) is 1. The van der Waals surface area contributed by atoms with Crippen molar-refractivity contribution in [1.82, 2.24) is 0 Å². The Morgan fingerprint density at radius 1 is 1.08 bits per heavy atom. The fourth-order valence-corrected chi connectivity index (χ4v) is 2.52. The average molecular weight is 350 g/mol. The number of esters is 1. The fraction of sp³-hybridized carbons (Fsp3) is 0. The van der Waals surface area contributed by atoms with Gasteiger partial charge in [0, 0.05) is 12.1 Å². The van der Waals surface area contributed by atoms with Crippen molar-refractivity contribution in [3.8, 4) is 11.5 Å². The van der Waals surface area contributed by atoms with Crippen LogP contribution >= 0.6 is 0 Å². The maximum absolute atomic E-state index is 13.7. The zero-order chi connectivity index (χ0) is 18.1. The number of hydrogen-bond acceptors (Lipinski definition) is 5. The van der Waals surface area contributed by atoms with E-state index in [1.54, 1.807) is 12.1 Å². The van der Waals surface area contributed by atoms with Crippen LogP contribution in [0.25, 0.3) is 6.08 Å². The van der Waals surface area contributed by atoms with Crippen LogP contribution in [0, 0.1) is 5.82 Å². The third-order valence-electron chi connectivity index (χ3n) is 3.76. The zero-order valence-corrected chi connectivity index (χ0v) is 13.3. The predicted octanol–water partition coefficient (Wildman–Crippen LogP) is 4.25. The summed E-state index contributed by atoms with van der Waals surface area (Å²) in [5, 5.41) is 0. The van der Waals surface area contributed by atoms with Gasteiger partial charge in [-0.1, -0.05) is 12.1 Å². The van der Waals surface area contributed by atoms with Crippen LogP contribution in [-0.2, 0) is 0 Å². The van der Waals surface area contributed by atoms with Crippen molar-refractivity contribution in [1.29, 1.82) is 0 Å². The van der Waals surface area contributed by atoms with E-state index >= 15 is 0 Å². The van der Waals surface area contributed by atoms with Crippen molar-refractivity contribution in [2.45, 2.75) is 0 Å². The van der Waals surface area contributed by atoms with E-state index in [1.165, 1.54) is 54.8 Å². The van der Waals surface area contributed by atoms with Crippen LogP contribution in [0.4, 0.5) is 4.39 Å². The van der Waals surface area contributed by atoms with Gasteiger partial charge >= 0.3 is 5.97 Å². The molecule has 5 nitrogen and oxygen atoms in total. The summed E-state index contributed by atoms with van der Waals surface area (Å²) < 4.78 is 29.5. The molecule has 26 heavy (non-hydrogen) atoms. The molecular weight excluding hydrogens is 339 g/mol. The number of hydrogen-bond donors (Lipinski definition) is 0. The summed E-state index contributed by atoms with van der Waals surface area (Å²) in [6, 6.07) is 13.3. The minimum absolute atomic E-state index is 0.104. The molecule has 6 heteroatoms. The minimum atomic E-state index is -0.835. The van der Waals surface area contributed by atoms with Crippen LogP contribution in [0.15, 0.2) is 71.0 Å². The zero-order valence-electron chi connectivity index (χ0n) is 13.3. The van der Waals surface area contributed by atoms with Gasteiger partial charge < -0.3 is 13.9 Å². The second kappa shape index (κ2) is 6.33. The van der Waals surface area contributed by atoms with E-state index < -0.39 is 11.8 Å². The number of carbonyl (C=O) groups is 2. The van der Waals surface area contributed by atoms with Crippen LogP contribution in [-0.4, -0.2) is 11.8 Å². The van der Waals surface area contributed by atoms with E-state index in [-0.39, 0.29) is 28.6 Å². The van der Waals surface area contributed by atoms with Crippen molar-refractivity contribution in [2.75, 3.05) is 0 Å². The Kier molecular flexibility index (Phi) is 3.85. The largest absolute Gasteiger partial charge is 0.465 e. The van der Waals surface area contributed by atoms with Gasteiger partial charge in [-0.3, -0.25) is 4.79 Å². The Hall–Kier alpha value is -3.67. The summed E-state index contributed by atoms with van der Waals surface area (Å²) in [4.78, 5) is 24.4. The Balaban J connectivity index is 1.57. The number of ether oxygens (including phenoxy) is 2. The molecule has 128 valence electrons. The van der Waals surface area contributed by atoms with Crippen molar-refractivity contribution in [3.63, 3.8) is 0 Å². The number of carbonyl (C=O) groups excluding carboxylic acids is 2. The van der Waals surface area contributed by atoms with Gasteiger partial charge in [0.25, 0.3) is 0 Å². The minimum Gasteiger partial charge on any atom is -0.465 e. The third kappa shape index (κ3) is 2.88. The number of benzene rings is 2. The number of allylic oxidation sites excluding steroid dienone is 1. The van der Waals surface area contributed by atoms with Gasteiger partial charge in [-0.15, -0.1) is 0 Å². The first-order valence-electron chi connectivity index (χ1n) is 7.70. The summed E-state index contributed by atoms with van der Waals surface area (Å²) in [5.74, 6) is -0.827. The van der Waals surface area contributed by atoms with E-state index in [0.717, 1.165) is 0 Å². The van der Waals surface area contributed by atoms with Gasteiger partial charge in [0.1, 0.15) is 23.1 Å². The molecule has 0 N–H and O–H groups in total. The van der Waals surface area contributed by atoms with E-state index in [4.69, 9.17) is 13.9 Å². The SMILES string of the molecule is O=C(Oc1ccc2c(c1)OC(=Cc1ccco1)C2=O)c1ccccc1F. The molecule has 0 saturated heterocycles. The van der Waals surface area contributed by atoms with Gasteiger partial charge in [0.2, 0.25) is 5.78 Å². The number of furan rings is 1. The number of ketones is 1. The second-order valence-electron chi connectivity index (χ2n) is 5.48. The maximum Gasteiger partial charge on any atom is 0.346 e. The molecule has 1 aliphatic rings.